The zero-order chi connectivity index (χ0) is 51.9. The van der Waals surface area contributed by atoms with Gasteiger partial charge in [-0.3, -0.25) is 0 Å². The lowest BCUT2D eigenvalue weighted by molar-refractivity contribution is -0.376. The number of aliphatic hydroxyl groups is 13. The number of aliphatic hydroxyl groups excluding tert-OH is 12. The summed E-state index contributed by atoms with van der Waals surface area (Å²) in [6.07, 6.45) is -18.9. The molecule has 3 saturated carbocycles. The van der Waals surface area contributed by atoms with Crippen molar-refractivity contribution in [3.8, 4) is 0 Å². The molecule has 22 nitrogen and oxygen atoms in total. The highest BCUT2D eigenvalue weighted by molar-refractivity contribution is 5.26. The monoisotopic (exact) mass is 1030 g/mol. The van der Waals surface area contributed by atoms with Gasteiger partial charge in [0.15, 0.2) is 30.9 Å². The van der Waals surface area contributed by atoms with Gasteiger partial charge in [-0.15, -0.1) is 0 Å². The molecule has 4 aliphatic carbocycles. The molecule has 9 aliphatic rings. The summed E-state index contributed by atoms with van der Waals surface area (Å²) in [4.78, 5) is 0. The van der Waals surface area contributed by atoms with E-state index in [0.29, 0.717) is 43.4 Å². The normalized spacial score (nSPS) is 54.9. The zero-order valence-electron chi connectivity index (χ0n) is 41.8. The molecule has 0 aromatic rings. The third-order valence-corrected chi connectivity index (χ3v) is 19.1. The third kappa shape index (κ3) is 9.80. The quantitative estimate of drug-likeness (QED) is 0.0763. The minimum absolute atomic E-state index is 0.0512. The zero-order valence-corrected chi connectivity index (χ0v) is 41.8. The summed E-state index contributed by atoms with van der Waals surface area (Å²) in [5.41, 5.74) is 1.10. The fraction of sp³-hybridized carbons (Fsp3) is 0.960. The van der Waals surface area contributed by atoms with Gasteiger partial charge in [-0.1, -0.05) is 39.3 Å². The van der Waals surface area contributed by atoms with Crippen molar-refractivity contribution in [2.24, 2.45) is 46.3 Å². The van der Waals surface area contributed by atoms with Crippen LogP contribution in [-0.2, 0) is 42.6 Å². The summed E-state index contributed by atoms with van der Waals surface area (Å²) in [5.74, 6) is -0.183. The van der Waals surface area contributed by atoms with E-state index in [4.69, 9.17) is 42.6 Å². The van der Waals surface area contributed by atoms with Gasteiger partial charge < -0.3 is 109 Å². The predicted molar refractivity (Wildman–Crippen MR) is 244 cm³/mol. The molecular weight excluding hydrogens is 953 g/mol. The van der Waals surface area contributed by atoms with Crippen LogP contribution in [0.25, 0.3) is 0 Å². The Morgan fingerprint density at radius 2 is 1.24 bits per heavy atom. The second-order valence-electron chi connectivity index (χ2n) is 23.3. The number of hydrogen-bond acceptors (Lipinski definition) is 22. The first-order valence-corrected chi connectivity index (χ1v) is 26.3. The Balaban J connectivity index is 0.833. The van der Waals surface area contributed by atoms with Gasteiger partial charge in [-0.05, 0) is 98.7 Å². The van der Waals surface area contributed by atoms with Crippen LogP contribution in [0.5, 0.6) is 0 Å². The van der Waals surface area contributed by atoms with Crippen LogP contribution in [0.3, 0.4) is 0 Å². The first-order chi connectivity index (χ1) is 34.1. The van der Waals surface area contributed by atoms with Crippen molar-refractivity contribution < 1.29 is 109 Å². The van der Waals surface area contributed by atoms with Gasteiger partial charge in [-0.25, -0.2) is 0 Å². The number of allylic oxidation sites excluding steroid dienone is 1. The fourth-order valence-corrected chi connectivity index (χ4v) is 14.8. The lowest BCUT2D eigenvalue weighted by atomic mass is 9.47. The molecule has 0 radical (unpaired) electrons. The van der Waals surface area contributed by atoms with E-state index >= 15 is 0 Å². The molecule has 8 fully saturated rings. The maximum Gasteiger partial charge on any atom is 0.187 e. The van der Waals surface area contributed by atoms with E-state index in [1.807, 2.05) is 6.92 Å². The lowest BCUT2D eigenvalue weighted by Crippen LogP contribution is -2.65. The number of rotatable bonds is 15. The Morgan fingerprint density at radius 3 is 1.93 bits per heavy atom. The first-order valence-electron chi connectivity index (χ1n) is 26.3. The van der Waals surface area contributed by atoms with E-state index in [1.165, 1.54) is 12.5 Å². The molecule has 0 aromatic heterocycles. The van der Waals surface area contributed by atoms with Crippen LogP contribution in [0, 0.1) is 46.3 Å². The van der Waals surface area contributed by atoms with Crippen LogP contribution in [0.2, 0.25) is 0 Å². The molecule has 414 valence electrons. The van der Waals surface area contributed by atoms with E-state index in [1.54, 1.807) is 0 Å². The highest BCUT2D eigenvalue weighted by atomic mass is 16.8. The molecule has 0 unspecified atom stereocenters. The molecule has 5 saturated heterocycles. The summed E-state index contributed by atoms with van der Waals surface area (Å²) >= 11 is 0. The SMILES string of the molecule is C[C@H](CC[C@@]1(O)O[C@H]2C[C@@H]3[C@@H]4CC=C5C[C@@H](O[C@@H]6O[C@H](CO)[C@@H](O[C@@H]7O[C@@H](CO)[C@H](O)[C@H]7O)[C@H](O[C@@H]7O[C@@H](C)[C@H](O)[C@@H](O)[C@H]7O)[C@H]6O)CC[C@]5(C)[C@H]4CC[C@]3(C)[C@H]2[C@@H]1C)CO[C@@H]1O[C@H](CO)[C@@H](O)[C@H](O)[C@H]1O. The van der Waals surface area contributed by atoms with E-state index < -0.39 is 148 Å². The Kier molecular flexibility index (Phi) is 16.7. The van der Waals surface area contributed by atoms with Crippen molar-refractivity contribution in [3.63, 3.8) is 0 Å². The smallest absolute Gasteiger partial charge is 0.187 e. The summed E-state index contributed by atoms with van der Waals surface area (Å²) in [5, 5.41) is 138. The topological polar surface area (TPSA) is 346 Å². The summed E-state index contributed by atoms with van der Waals surface area (Å²) in [7, 11) is 0. The maximum atomic E-state index is 12.1. The minimum atomic E-state index is -1.77. The van der Waals surface area contributed by atoms with Gasteiger partial charge >= 0.3 is 0 Å². The summed E-state index contributed by atoms with van der Waals surface area (Å²) in [6, 6.07) is 0. The van der Waals surface area contributed by atoms with Crippen LogP contribution in [-0.4, -0.2) is 228 Å². The molecule has 9 rings (SSSR count). The van der Waals surface area contributed by atoms with Gasteiger partial charge in [0.05, 0.1) is 44.7 Å². The number of fused-ring (bicyclic) bond motifs is 7. The van der Waals surface area contributed by atoms with Crippen LogP contribution < -0.4 is 0 Å². The van der Waals surface area contributed by atoms with Gasteiger partial charge in [-0.2, -0.15) is 0 Å². The predicted octanol–water partition coefficient (Wildman–Crippen LogP) is -2.37. The number of ether oxygens (including phenoxy) is 9. The summed E-state index contributed by atoms with van der Waals surface area (Å²) < 4.78 is 54.2. The standard InChI is InChI=1S/C50H82O22/c1-20(19-64-44-39(60)37(58)34(55)29(16-51)67-44)8-13-50(63)21(2)32-28(72-50)15-27-25-7-6-23-14-24(9-11-48(23,4)26(25)10-12-49(27,32)5)66-47-41(62)43(71-45-40(61)36(57)33(54)22(3)65-45)42(31(18-53)69-47)70-46-38(59)35(56)30(17-52)68-46/h6,20-22,24-47,51-63H,7-19H2,1-5H3/t20-,21+,22+,24+,25-,26+,27-,28+,29-,30+,31-,32+,33+,34-,35+,36-,37+,38-,39-,40-,41-,42-,43-,44-,45+,46+,47-,48+,49+,50-/m1/s1. The molecule has 0 bridgehead atoms. The number of hydrogen-bond donors (Lipinski definition) is 13. The van der Waals surface area contributed by atoms with Gasteiger partial charge in [0.2, 0.25) is 0 Å². The van der Waals surface area contributed by atoms with E-state index in [2.05, 4.69) is 26.8 Å². The highest BCUT2D eigenvalue weighted by Crippen LogP contribution is 2.70. The Labute approximate surface area is 419 Å². The molecular formula is C50H82O22. The highest BCUT2D eigenvalue weighted by Gasteiger charge is 2.68. The third-order valence-electron chi connectivity index (χ3n) is 19.1. The van der Waals surface area contributed by atoms with E-state index in [9.17, 15) is 66.4 Å². The lowest BCUT2D eigenvalue weighted by Gasteiger charge is -2.58. The first kappa shape index (κ1) is 55.6. The Morgan fingerprint density at radius 1 is 0.653 bits per heavy atom. The fourth-order valence-electron chi connectivity index (χ4n) is 14.8. The van der Waals surface area contributed by atoms with Crippen molar-refractivity contribution in [1.29, 1.82) is 0 Å². The van der Waals surface area contributed by atoms with E-state index in [-0.39, 0.29) is 41.3 Å². The van der Waals surface area contributed by atoms with Crippen LogP contribution in [0.15, 0.2) is 11.6 Å². The molecule has 5 aliphatic heterocycles. The van der Waals surface area contributed by atoms with Crippen molar-refractivity contribution in [1.82, 2.24) is 0 Å². The minimum Gasteiger partial charge on any atom is -0.394 e. The van der Waals surface area contributed by atoms with E-state index in [0.717, 1.165) is 32.1 Å². The van der Waals surface area contributed by atoms with Crippen molar-refractivity contribution in [2.45, 2.75) is 227 Å². The largest absolute Gasteiger partial charge is 0.394 e. The molecule has 72 heavy (non-hydrogen) atoms. The molecule has 0 amide bonds. The molecule has 5 heterocycles. The van der Waals surface area contributed by atoms with Crippen LogP contribution >= 0.6 is 0 Å². The van der Waals surface area contributed by atoms with Gasteiger partial charge in [0.1, 0.15) is 85.5 Å². The van der Waals surface area contributed by atoms with Gasteiger partial charge in [0.25, 0.3) is 0 Å². The second-order valence-corrected chi connectivity index (χ2v) is 23.3. The van der Waals surface area contributed by atoms with Crippen molar-refractivity contribution >= 4 is 0 Å². The Bertz CT molecular complexity index is 1860. The maximum absolute atomic E-state index is 12.1. The Hall–Kier alpha value is -1.14. The summed E-state index contributed by atoms with van der Waals surface area (Å²) in [6.45, 7) is 8.55. The average molecular weight is 1040 g/mol. The molecule has 0 aromatic carbocycles. The molecule has 30 atom stereocenters. The molecule has 0 spiro atoms. The average Bonchev–Trinajstić information content (AvgIpc) is 3.91. The van der Waals surface area contributed by atoms with Gasteiger partial charge in [0, 0.05) is 12.3 Å². The van der Waals surface area contributed by atoms with Crippen LogP contribution in [0.1, 0.15) is 92.4 Å². The van der Waals surface area contributed by atoms with Crippen LogP contribution in [0.4, 0.5) is 0 Å². The molecule has 22 heteroatoms. The van der Waals surface area contributed by atoms with Crippen molar-refractivity contribution in [3.05, 3.63) is 11.6 Å². The second kappa shape index (κ2) is 21.6. The molecule has 13 N–H and O–H groups in total. The van der Waals surface area contributed by atoms with Crippen molar-refractivity contribution in [2.75, 3.05) is 26.4 Å².